The lowest BCUT2D eigenvalue weighted by atomic mass is 9.78. The average Bonchev–Trinajstić information content (AvgIpc) is 3.14. The number of alkyl halides is 3. The van der Waals surface area contributed by atoms with E-state index in [1.165, 1.54) is 17.0 Å². The molecular formula is C25H32F3N3O4. The van der Waals surface area contributed by atoms with Crippen LogP contribution in [0.3, 0.4) is 0 Å². The van der Waals surface area contributed by atoms with E-state index in [0.717, 1.165) is 18.9 Å². The number of hydrogen-bond acceptors (Lipinski definition) is 5. The molecule has 5 rings (SSSR count). The monoisotopic (exact) mass is 495 g/mol. The summed E-state index contributed by atoms with van der Waals surface area (Å²) in [5, 5.41) is 9.82. The molecule has 1 spiro atoms. The molecule has 10 heteroatoms. The summed E-state index contributed by atoms with van der Waals surface area (Å²) in [7, 11) is 0. The zero-order valence-electron chi connectivity index (χ0n) is 19.7. The molecule has 3 aliphatic heterocycles. The molecule has 0 aromatic heterocycles. The third-order valence-electron chi connectivity index (χ3n) is 8.14. The van der Waals surface area contributed by atoms with E-state index < -0.39 is 23.2 Å². The highest BCUT2D eigenvalue weighted by Crippen LogP contribution is 2.46. The summed E-state index contributed by atoms with van der Waals surface area (Å²) in [5.41, 5.74) is -1.25. The van der Waals surface area contributed by atoms with Crippen LogP contribution in [0.15, 0.2) is 18.2 Å². The number of piperidine rings is 1. The fourth-order valence-corrected chi connectivity index (χ4v) is 6.26. The minimum absolute atomic E-state index is 0.0461. The zero-order chi connectivity index (χ0) is 24.8. The summed E-state index contributed by atoms with van der Waals surface area (Å²) < 4.78 is 47.5. The number of rotatable bonds is 3. The number of carbonyl (C=O) groups excluding carboxylic acids is 2. The number of halogens is 3. The van der Waals surface area contributed by atoms with Gasteiger partial charge in [0.2, 0.25) is 5.91 Å². The number of nitrogens with zero attached hydrogens (tertiary/aromatic N) is 3. The molecule has 3 heterocycles. The Morgan fingerprint density at radius 1 is 1.00 bits per heavy atom. The van der Waals surface area contributed by atoms with Gasteiger partial charge in [-0.2, -0.15) is 13.2 Å². The third-order valence-corrected chi connectivity index (χ3v) is 8.14. The van der Waals surface area contributed by atoms with E-state index in [9.17, 15) is 27.9 Å². The van der Waals surface area contributed by atoms with Crippen LogP contribution in [0.2, 0.25) is 0 Å². The van der Waals surface area contributed by atoms with Crippen LogP contribution in [0.1, 0.15) is 56.9 Å². The van der Waals surface area contributed by atoms with E-state index in [-0.39, 0.29) is 42.6 Å². The van der Waals surface area contributed by atoms with Gasteiger partial charge in [-0.05, 0) is 69.6 Å². The molecule has 0 radical (unpaired) electrons. The minimum Gasteiger partial charge on any atom is -0.449 e. The van der Waals surface area contributed by atoms with Gasteiger partial charge < -0.3 is 19.6 Å². The quantitative estimate of drug-likeness (QED) is 0.681. The Labute approximate surface area is 202 Å². The van der Waals surface area contributed by atoms with Crippen LogP contribution in [0.5, 0.6) is 0 Å². The van der Waals surface area contributed by atoms with Crippen LogP contribution in [0.4, 0.5) is 29.3 Å². The first kappa shape index (κ1) is 24.2. The Morgan fingerprint density at radius 2 is 1.77 bits per heavy atom. The molecule has 0 bridgehead atoms. The van der Waals surface area contributed by atoms with Crippen molar-refractivity contribution in [1.82, 2.24) is 4.90 Å². The average molecular weight is 496 g/mol. The van der Waals surface area contributed by atoms with Gasteiger partial charge in [-0.15, -0.1) is 0 Å². The van der Waals surface area contributed by atoms with Crippen LogP contribution >= 0.6 is 0 Å². The molecule has 1 aliphatic carbocycles. The number of amides is 2. The highest BCUT2D eigenvalue weighted by atomic mass is 19.4. The number of ether oxygens (including phenoxy) is 1. The molecule has 1 aromatic carbocycles. The second-order valence-electron chi connectivity index (χ2n) is 10.3. The molecule has 4 aliphatic rings. The zero-order valence-corrected chi connectivity index (χ0v) is 19.7. The van der Waals surface area contributed by atoms with Gasteiger partial charge in [0, 0.05) is 43.6 Å². The Bertz CT molecular complexity index is 979. The lowest BCUT2D eigenvalue weighted by Gasteiger charge is -2.42. The number of aliphatic hydroxyl groups is 1. The van der Waals surface area contributed by atoms with Gasteiger partial charge in [0.15, 0.2) is 0 Å². The predicted octanol–water partition coefficient (Wildman–Crippen LogP) is 4.17. The summed E-state index contributed by atoms with van der Waals surface area (Å²) in [6, 6.07) is 4.10. The molecule has 1 aromatic rings. The summed E-state index contributed by atoms with van der Waals surface area (Å²) >= 11 is 0. The Hall–Kier alpha value is -2.49. The van der Waals surface area contributed by atoms with Crippen LogP contribution in [0.25, 0.3) is 0 Å². The maximum absolute atomic E-state index is 14.2. The maximum atomic E-state index is 14.2. The summed E-state index contributed by atoms with van der Waals surface area (Å²) in [5.74, 6) is 0.0461. The van der Waals surface area contributed by atoms with Gasteiger partial charge in [-0.3, -0.25) is 9.69 Å². The van der Waals surface area contributed by atoms with Crippen molar-refractivity contribution in [3.8, 4) is 0 Å². The van der Waals surface area contributed by atoms with Crippen LogP contribution in [0, 0.1) is 5.41 Å². The van der Waals surface area contributed by atoms with E-state index >= 15 is 0 Å². The number of cyclic esters (lactones) is 1. The molecule has 1 atom stereocenters. The molecule has 7 nitrogen and oxygen atoms in total. The topological polar surface area (TPSA) is 73.3 Å². The number of aliphatic hydroxyl groups excluding tert-OH is 1. The molecule has 4 fully saturated rings. The van der Waals surface area contributed by atoms with Gasteiger partial charge in [0.05, 0.1) is 23.7 Å². The fourth-order valence-electron chi connectivity index (χ4n) is 6.26. The van der Waals surface area contributed by atoms with Crippen molar-refractivity contribution in [1.29, 1.82) is 0 Å². The van der Waals surface area contributed by atoms with Gasteiger partial charge in [-0.25, -0.2) is 4.79 Å². The SMILES string of the molecule is O=C1OCCCN1c1ccc(N2CCC[C@@]3(CCN(C4CCC(O)CC4)C3=O)C2)c(C(F)(F)F)c1. The van der Waals surface area contributed by atoms with Crippen LogP contribution < -0.4 is 9.80 Å². The molecule has 2 amide bonds. The number of benzene rings is 1. The molecule has 3 saturated heterocycles. The molecule has 192 valence electrons. The van der Waals surface area contributed by atoms with E-state index in [4.69, 9.17) is 4.74 Å². The maximum Gasteiger partial charge on any atom is 0.418 e. The first-order chi connectivity index (χ1) is 16.7. The Morgan fingerprint density at radius 3 is 2.49 bits per heavy atom. The first-order valence-corrected chi connectivity index (χ1v) is 12.6. The number of hydrogen-bond donors (Lipinski definition) is 1. The highest BCUT2D eigenvalue weighted by Gasteiger charge is 2.51. The van der Waals surface area contributed by atoms with Crippen molar-refractivity contribution in [3.05, 3.63) is 23.8 Å². The lowest BCUT2D eigenvalue weighted by Crippen LogP contribution is -2.50. The Kier molecular flexibility index (Phi) is 6.35. The van der Waals surface area contributed by atoms with Crippen molar-refractivity contribution in [2.24, 2.45) is 5.41 Å². The van der Waals surface area contributed by atoms with E-state index in [1.807, 2.05) is 4.90 Å². The van der Waals surface area contributed by atoms with Gasteiger partial charge >= 0.3 is 12.3 Å². The molecule has 1 N–H and O–H groups in total. The number of carbonyl (C=O) groups is 2. The second kappa shape index (κ2) is 9.19. The fraction of sp³-hybridized carbons (Fsp3) is 0.680. The highest BCUT2D eigenvalue weighted by molar-refractivity contribution is 5.89. The largest absolute Gasteiger partial charge is 0.449 e. The standard InChI is InChI=1S/C25H32F3N3O4/c26-25(27,28)20-15-18(31-12-2-14-35-23(31)34)5-8-21(20)29-11-1-9-24(16-29)10-13-30(22(24)33)17-3-6-19(32)7-4-17/h5,8,15,17,19,32H,1-4,6-7,9-14,16H2/t17?,19?,24-/m1/s1. The van der Waals surface area contributed by atoms with Crippen molar-refractivity contribution in [3.63, 3.8) is 0 Å². The third kappa shape index (κ3) is 4.57. The van der Waals surface area contributed by atoms with Crippen molar-refractivity contribution in [2.75, 3.05) is 42.6 Å². The van der Waals surface area contributed by atoms with E-state index in [1.54, 1.807) is 4.90 Å². The molecular weight excluding hydrogens is 463 g/mol. The second-order valence-corrected chi connectivity index (χ2v) is 10.3. The van der Waals surface area contributed by atoms with E-state index in [0.29, 0.717) is 58.2 Å². The van der Waals surface area contributed by atoms with Crippen LogP contribution in [-0.2, 0) is 15.7 Å². The molecule has 0 unspecified atom stereocenters. The first-order valence-electron chi connectivity index (χ1n) is 12.6. The summed E-state index contributed by atoms with van der Waals surface area (Å²) in [4.78, 5) is 30.5. The number of anilines is 2. The molecule has 35 heavy (non-hydrogen) atoms. The molecule has 1 saturated carbocycles. The van der Waals surface area contributed by atoms with Crippen LogP contribution in [-0.4, -0.2) is 66.9 Å². The minimum atomic E-state index is -4.61. The smallest absolute Gasteiger partial charge is 0.418 e. The lowest BCUT2D eigenvalue weighted by molar-refractivity contribution is -0.139. The van der Waals surface area contributed by atoms with Crippen molar-refractivity contribution in [2.45, 2.75) is 69.7 Å². The van der Waals surface area contributed by atoms with E-state index in [2.05, 4.69) is 0 Å². The van der Waals surface area contributed by atoms with Gasteiger partial charge in [0.1, 0.15) is 0 Å². The number of likely N-dealkylation sites (tertiary alicyclic amines) is 1. The summed E-state index contributed by atoms with van der Waals surface area (Å²) in [6.07, 6.45) is -0.143. The Balaban J connectivity index is 1.39. The van der Waals surface area contributed by atoms with Crippen molar-refractivity contribution >= 4 is 23.4 Å². The van der Waals surface area contributed by atoms with Gasteiger partial charge in [0.25, 0.3) is 0 Å². The summed E-state index contributed by atoms with van der Waals surface area (Å²) in [6.45, 7) is 1.90. The van der Waals surface area contributed by atoms with Gasteiger partial charge in [-0.1, -0.05) is 0 Å². The normalized spacial score (nSPS) is 30.2. The predicted molar refractivity (Wildman–Crippen MR) is 123 cm³/mol. The van der Waals surface area contributed by atoms with Crippen molar-refractivity contribution < 1.29 is 32.6 Å².